The summed E-state index contributed by atoms with van der Waals surface area (Å²) in [6.45, 7) is 1.91. The van der Waals surface area contributed by atoms with Gasteiger partial charge in [0, 0.05) is 43.6 Å². The molecule has 0 saturated carbocycles. The largest absolute Gasteiger partial charge is 0.373 e. The van der Waals surface area contributed by atoms with Gasteiger partial charge in [-0.15, -0.1) is 0 Å². The number of hydrogen-bond acceptors (Lipinski definition) is 5. The van der Waals surface area contributed by atoms with E-state index in [9.17, 15) is 9.59 Å². The van der Waals surface area contributed by atoms with Crippen molar-refractivity contribution < 1.29 is 9.59 Å². The summed E-state index contributed by atoms with van der Waals surface area (Å²) in [5.41, 5.74) is 2.83. The van der Waals surface area contributed by atoms with Crippen LogP contribution in [0.25, 0.3) is 10.9 Å². The number of aromatic nitrogens is 2. The topological polar surface area (TPSA) is 91.0 Å². The summed E-state index contributed by atoms with van der Waals surface area (Å²) in [5.74, 6) is 1.50. The van der Waals surface area contributed by atoms with Crippen LogP contribution < -0.4 is 10.2 Å². The Hall–Kier alpha value is -2.82. The minimum absolute atomic E-state index is 0.158. The average molecular weight is 349 g/mol. The highest BCUT2D eigenvalue weighted by Crippen LogP contribution is 2.32. The normalized spacial score (nSPS) is 21.0. The molecule has 1 atom stereocenters. The van der Waals surface area contributed by atoms with Gasteiger partial charge in [0.2, 0.25) is 11.8 Å². The van der Waals surface area contributed by atoms with Gasteiger partial charge < -0.3 is 4.90 Å². The predicted molar refractivity (Wildman–Crippen MR) is 99.0 cm³/mol. The molecule has 1 aromatic carbocycles. The zero-order valence-corrected chi connectivity index (χ0v) is 14.7. The Morgan fingerprint density at radius 3 is 2.77 bits per heavy atom. The molecule has 2 amide bonds. The van der Waals surface area contributed by atoms with Crippen LogP contribution >= 0.6 is 0 Å². The van der Waals surface area contributed by atoms with Crippen molar-refractivity contribution >= 4 is 35.1 Å². The van der Waals surface area contributed by atoms with Crippen molar-refractivity contribution in [3.8, 4) is 5.97 Å². The van der Waals surface area contributed by atoms with E-state index < -0.39 is 0 Å². The van der Waals surface area contributed by atoms with Crippen molar-refractivity contribution in [1.29, 1.82) is 5.26 Å². The third-order valence-corrected chi connectivity index (χ3v) is 5.48. The van der Waals surface area contributed by atoms with Crippen molar-refractivity contribution in [2.24, 2.45) is 7.05 Å². The van der Waals surface area contributed by atoms with Crippen LogP contribution in [-0.2, 0) is 16.6 Å². The van der Waals surface area contributed by atoms with E-state index in [0.29, 0.717) is 12.8 Å². The molecule has 2 saturated heterocycles. The van der Waals surface area contributed by atoms with E-state index in [4.69, 9.17) is 5.26 Å². The number of hydrogen-bond donors (Lipinski definition) is 1. The number of anilines is 1. The number of aryl methyl sites for hydroxylation is 1. The number of nitriles is 1. The Labute approximate surface area is 152 Å². The number of carbonyl (C=O) groups excluding carboxylic acids is 2. The molecule has 0 spiro atoms. The Bertz CT molecular complexity index is 924. The zero-order chi connectivity index (χ0) is 18.3. The fourth-order valence-electron chi connectivity index (χ4n) is 3.95. The highest BCUT2D eigenvalue weighted by molar-refractivity contribution is 6.67. The van der Waals surface area contributed by atoms with E-state index in [1.165, 1.54) is 0 Å². The Morgan fingerprint density at radius 1 is 1.31 bits per heavy atom. The van der Waals surface area contributed by atoms with E-state index in [1.807, 2.05) is 13.1 Å². The van der Waals surface area contributed by atoms with Crippen LogP contribution in [0.15, 0.2) is 18.2 Å². The third kappa shape index (κ3) is 2.83. The number of imide groups is 1. The monoisotopic (exact) mass is 349 g/mol. The van der Waals surface area contributed by atoms with Crippen LogP contribution in [0.5, 0.6) is 0 Å². The molecule has 8 heteroatoms. The first-order chi connectivity index (χ1) is 12.6. The molecule has 0 radical (unpaired) electrons. The number of amides is 2. The molecule has 7 nitrogen and oxygen atoms in total. The molecule has 4 rings (SSSR count). The summed E-state index contributed by atoms with van der Waals surface area (Å²) in [6.07, 6.45) is 2.63. The summed E-state index contributed by atoms with van der Waals surface area (Å²) in [7, 11) is 1.88. The molecule has 1 aromatic heterocycles. The van der Waals surface area contributed by atoms with Crippen molar-refractivity contribution in [3.63, 3.8) is 0 Å². The minimum atomic E-state index is -0.381. The summed E-state index contributed by atoms with van der Waals surface area (Å²) in [6, 6.07) is 6.18. The highest BCUT2D eigenvalue weighted by atomic mass is 16.2. The first-order valence-electron chi connectivity index (χ1n) is 9.01. The molecule has 0 aliphatic carbocycles. The first-order valence-corrected chi connectivity index (χ1v) is 9.01. The van der Waals surface area contributed by atoms with Crippen molar-refractivity contribution in [3.05, 3.63) is 23.9 Å². The van der Waals surface area contributed by atoms with Gasteiger partial charge in [-0.2, -0.15) is 5.10 Å². The van der Waals surface area contributed by atoms with E-state index in [2.05, 4.69) is 33.4 Å². The number of carbonyl (C=O) groups is 2. The maximum atomic E-state index is 12.2. The third-order valence-electron chi connectivity index (χ3n) is 5.48. The van der Waals surface area contributed by atoms with Gasteiger partial charge in [-0.25, -0.2) is 5.26 Å². The zero-order valence-electron chi connectivity index (χ0n) is 14.7. The molecule has 2 fully saturated rings. The lowest BCUT2D eigenvalue weighted by Gasteiger charge is -2.30. The maximum Gasteiger partial charge on any atom is 0.271 e. The Morgan fingerprint density at radius 2 is 2.08 bits per heavy atom. The minimum Gasteiger partial charge on any atom is -0.373 e. The Balaban J connectivity index is 1.64. The van der Waals surface area contributed by atoms with E-state index in [1.54, 1.807) is 4.68 Å². The molecule has 1 N–H and O–H groups in total. The van der Waals surface area contributed by atoms with Crippen molar-refractivity contribution in [1.82, 2.24) is 15.1 Å². The number of nitrogens with one attached hydrogen (secondary N) is 1. The highest BCUT2D eigenvalue weighted by Gasteiger charge is 2.32. The van der Waals surface area contributed by atoms with Gasteiger partial charge >= 0.3 is 0 Å². The lowest BCUT2D eigenvalue weighted by molar-refractivity contribution is -0.134. The summed E-state index contributed by atoms with van der Waals surface area (Å²) in [4.78, 5) is 25.9. The van der Waals surface area contributed by atoms with Gasteiger partial charge in [0.05, 0.1) is 17.1 Å². The van der Waals surface area contributed by atoms with E-state index in [0.717, 1.165) is 48.0 Å². The molecule has 2 aromatic rings. The quantitative estimate of drug-likeness (QED) is 0.655. The summed E-state index contributed by atoms with van der Waals surface area (Å²) < 4.78 is 1.81. The van der Waals surface area contributed by atoms with Gasteiger partial charge in [-0.3, -0.25) is 19.6 Å². The second kappa shape index (κ2) is 6.48. The van der Waals surface area contributed by atoms with E-state index in [-0.39, 0.29) is 24.4 Å². The van der Waals surface area contributed by atoms with E-state index >= 15 is 0 Å². The summed E-state index contributed by atoms with van der Waals surface area (Å²) >= 11 is 0. The lowest BCUT2D eigenvalue weighted by atomic mass is 9.45. The fraction of sp³-hybridized carbons (Fsp3) is 0.444. The predicted octanol–water partition coefficient (Wildman–Crippen LogP) is 1.47. The Kier molecular flexibility index (Phi) is 4.15. The number of rotatable bonds is 2. The molecule has 0 bridgehead atoms. The standard InChI is InChI=1S/C18H20BN5O2/c1-23-15-10-12(24-8-6-19(11-20)7-9-24)2-3-13(15)17(22-23)14-4-5-16(25)21-18(14)26/h2-3,10,14H,4-9H2,1H3,(H,21,25,26). The van der Waals surface area contributed by atoms with Gasteiger partial charge in [-0.05, 0) is 37.3 Å². The van der Waals surface area contributed by atoms with Crippen LogP contribution in [0.2, 0.25) is 12.6 Å². The molecule has 3 heterocycles. The molecule has 1 unspecified atom stereocenters. The average Bonchev–Trinajstić information content (AvgIpc) is 2.98. The molecule has 132 valence electrons. The number of nitrogens with zero attached hydrogens (tertiary/aromatic N) is 4. The van der Waals surface area contributed by atoms with Crippen LogP contribution in [0.1, 0.15) is 24.5 Å². The van der Waals surface area contributed by atoms with Crippen LogP contribution in [0.4, 0.5) is 5.69 Å². The van der Waals surface area contributed by atoms with Crippen LogP contribution in [0, 0.1) is 11.2 Å². The fourth-order valence-corrected chi connectivity index (χ4v) is 3.95. The molecular weight excluding hydrogens is 329 g/mol. The van der Waals surface area contributed by atoms with Gasteiger partial charge in [-0.1, -0.05) is 0 Å². The number of fused-ring (bicyclic) bond motifs is 1. The first kappa shape index (κ1) is 16.6. The van der Waals surface area contributed by atoms with Crippen LogP contribution in [0.3, 0.4) is 0 Å². The molecule has 26 heavy (non-hydrogen) atoms. The molecule has 2 aliphatic rings. The number of piperidine rings is 1. The van der Waals surface area contributed by atoms with Gasteiger partial charge in [0.15, 0.2) is 0 Å². The van der Waals surface area contributed by atoms with Crippen molar-refractivity contribution in [2.45, 2.75) is 31.4 Å². The smallest absolute Gasteiger partial charge is 0.271 e. The molecule has 2 aliphatic heterocycles. The van der Waals surface area contributed by atoms with Gasteiger partial charge in [0.25, 0.3) is 6.71 Å². The summed E-state index contributed by atoms with van der Waals surface area (Å²) in [5, 5.41) is 17.0. The second-order valence-electron chi connectivity index (χ2n) is 7.10. The lowest BCUT2D eigenvalue weighted by Crippen LogP contribution is -2.39. The second-order valence-corrected chi connectivity index (χ2v) is 7.10. The molecular formula is C18H20BN5O2. The van der Waals surface area contributed by atoms with Crippen LogP contribution in [-0.4, -0.2) is 41.4 Å². The maximum absolute atomic E-state index is 12.2. The van der Waals surface area contributed by atoms with Crippen molar-refractivity contribution in [2.75, 3.05) is 18.0 Å². The SMILES string of the molecule is Cn1nc(C2CCC(=O)NC2=O)c2ccc(N3CCB(C#N)CC3)cc21. The number of benzene rings is 1. The van der Waals surface area contributed by atoms with Gasteiger partial charge in [0.1, 0.15) is 0 Å².